The predicted octanol–water partition coefficient (Wildman–Crippen LogP) is 3.33. The molecule has 0 radical (unpaired) electrons. The largest absolute Gasteiger partial charge is 0.486 e. The van der Waals surface area contributed by atoms with E-state index in [1.807, 2.05) is 71.3 Å². The van der Waals surface area contributed by atoms with Gasteiger partial charge >= 0.3 is 0 Å². The van der Waals surface area contributed by atoms with Crippen LogP contribution in [0, 0.1) is 0 Å². The highest BCUT2D eigenvalue weighted by molar-refractivity contribution is 5.81. The van der Waals surface area contributed by atoms with Gasteiger partial charge in [-0.05, 0) is 35.9 Å². The molecular weight excluding hydrogens is 352 g/mol. The van der Waals surface area contributed by atoms with E-state index in [9.17, 15) is 4.79 Å². The van der Waals surface area contributed by atoms with Crippen molar-refractivity contribution in [3.63, 3.8) is 0 Å². The van der Waals surface area contributed by atoms with Gasteiger partial charge in [-0.3, -0.25) is 9.78 Å². The Morgan fingerprint density at radius 2 is 1.82 bits per heavy atom. The second-order valence-electron chi connectivity index (χ2n) is 6.34. The van der Waals surface area contributed by atoms with E-state index in [4.69, 9.17) is 4.74 Å². The van der Waals surface area contributed by atoms with Gasteiger partial charge in [-0.25, -0.2) is 4.98 Å². The topological polar surface area (TPSA) is 69.0 Å². The molecule has 0 aliphatic carbocycles. The molecule has 28 heavy (non-hydrogen) atoms. The van der Waals surface area contributed by atoms with Crippen molar-refractivity contribution in [2.24, 2.45) is 0 Å². The Kier molecular flexibility index (Phi) is 5.29. The lowest BCUT2D eigenvalue weighted by molar-refractivity contribution is -0.121. The zero-order valence-corrected chi connectivity index (χ0v) is 15.3. The van der Waals surface area contributed by atoms with Gasteiger partial charge < -0.3 is 14.6 Å². The quantitative estimate of drug-likeness (QED) is 0.540. The van der Waals surface area contributed by atoms with Crippen molar-refractivity contribution < 1.29 is 9.53 Å². The van der Waals surface area contributed by atoms with Gasteiger partial charge in [-0.1, -0.05) is 36.4 Å². The fraction of sp³-hybridized carbons (Fsp3) is 0.136. The van der Waals surface area contributed by atoms with Crippen LogP contribution in [0.4, 0.5) is 0 Å². The van der Waals surface area contributed by atoms with Gasteiger partial charge in [0.25, 0.3) is 0 Å². The first-order valence-corrected chi connectivity index (χ1v) is 9.07. The highest BCUT2D eigenvalue weighted by Crippen LogP contribution is 2.18. The Labute approximate surface area is 162 Å². The van der Waals surface area contributed by atoms with Crippen LogP contribution in [0.1, 0.15) is 11.4 Å². The summed E-state index contributed by atoms with van der Waals surface area (Å²) in [5, 5.41) is 2.93. The summed E-state index contributed by atoms with van der Waals surface area (Å²) in [6, 6.07) is 21.1. The van der Waals surface area contributed by atoms with Crippen molar-refractivity contribution in [1.82, 2.24) is 19.9 Å². The highest BCUT2D eigenvalue weighted by atomic mass is 16.5. The lowest BCUT2D eigenvalue weighted by atomic mass is 10.3. The third kappa shape index (κ3) is 4.17. The molecule has 140 valence electrons. The first kappa shape index (κ1) is 17.7. The minimum atomic E-state index is -0.0898. The van der Waals surface area contributed by atoms with Crippen molar-refractivity contribution in [2.75, 3.05) is 0 Å². The average Bonchev–Trinajstić information content (AvgIpc) is 3.10. The van der Waals surface area contributed by atoms with Gasteiger partial charge in [-0.2, -0.15) is 0 Å². The zero-order valence-electron chi connectivity index (χ0n) is 15.3. The monoisotopic (exact) mass is 372 g/mol. The molecule has 1 amide bonds. The van der Waals surface area contributed by atoms with Crippen molar-refractivity contribution in [3.8, 4) is 5.75 Å². The predicted molar refractivity (Wildman–Crippen MR) is 107 cm³/mol. The summed E-state index contributed by atoms with van der Waals surface area (Å²) in [7, 11) is 0. The molecule has 2 heterocycles. The third-order valence-electron chi connectivity index (χ3n) is 4.36. The van der Waals surface area contributed by atoms with Crippen LogP contribution in [0.25, 0.3) is 11.0 Å². The molecule has 1 N–H and O–H groups in total. The van der Waals surface area contributed by atoms with E-state index in [0.29, 0.717) is 12.4 Å². The number of para-hydroxylation sites is 3. The lowest BCUT2D eigenvalue weighted by Crippen LogP contribution is -2.28. The fourth-order valence-corrected chi connectivity index (χ4v) is 2.98. The first-order valence-electron chi connectivity index (χ1n) is 9.07. The molecule has 0 unspecified atom stereocenters. The summed E-state index contributed by atoms with van der Waals surface area (Å²) in [4.78, 5) is 21.2. The summed E-state index contributed by atoms with van der Waals surface area (Å²) in [5.41, 5.74) is 2.71. The second-order valence-corrected chi connectivity index (χ2v) is 6.34. The van der Waals surface area contributed by atoms with E-state index in [0.717, 1.165) is 22.3 Å². The number of fused-ring (bicyclic) bond motifs is 1. The molecule has 0 spiro atoms. The number of carbonyl (C=O) groups excluding carboxylic acids is 1. The number of ether oxygens (including phenoxy) is 1. The number of amides is 1. The van der Waals surface area contributed by atoms with Gasteiger partial charge in [0.2, 0.25) is 5.91 Å². The molecule has 2 aromatic carbocycles. The Morgan fingerprint density at radius 1 is 1.00 bits per heavy atom. The second kappa shape index (κ2) is 8.35. The number of hydrogen-bond acceptors (Lipinski definition) is 4. The average molecular weight is 372 g/mol. The maximum Gasteiger partial charge on any atom is 0.240 e. The Hall–Kier alpha value is -3.67. The Bertz CT molecular complexity index is 1060. The summed E-state index contributed by atoms with van der Waals surface area (Å²) in [6.07, 6.45) is 3.45. The summed E-state index contributed by atoms with van der Waals surface area (Å²) in [6.45, 7) is 0.901. The number of pyridine rings is 1. The van der Waals surface area contributed by atoms with Crippen LogP contribution in [-0.4, -0.2) is 20.4 Å². The number of rotatable bonds is 7. The molecule has 0 bridgehead atoms. The normalized spacial score (nSPS) is 10.7. The van der Waals surface area contributed by atoms with Crippen LogP contribution in [0.15, 0.2) is 79.1 Å². The fourth-order valence-electron chi connectivity index (χ4n) is 2.98. The van der Waals surface area contributed by atoms with Crippen LogP contribution < -0.4 is 10.1 Å². The van der Waals surface area contributed by atoms with E-state index in [-0.39, 0.29) is 19.1 Å². The number of carbonyl (C=O) groups is 1. The van der Waals surface area contributed by atoms with Gasteiger partial charge in [0.15, 0.2) is 0 Å². The number of aromatic nitrogens is 3. The van der Waals surface area contributed by atoms with Crippen LogP contribution >= 0.6 is 0 Å². The molecule has 0 fully saturated rings. The Morgan fingerprint density at radius 3 is 2.64 bits per heavy atom. The van der Waals surface area contributed by atoms with Crippen molar-refractivity contribution in [2.45, 2.75) is 19.7 Å². The summed E-state index contributed by atoms with van der Waals surface area (Å²) >= 11 is 0. The number of nitrogens with one attached hydrogen (secondary N) is 1. The van der Waals surface area contributed by atoms with Crippen molar-refractivity contribution in [3.05, 3.63) is 90.5 Å². The number of benzene rings is 2. The van der Waals surface area contributed by atoms with E-state index in [2.05, 4.69) is 15.3 Å². The van der Waals surface area contributed by atoms with Crippen LogP contribution in [0.5, 0.6) is 5.75 Å². The molecule has 4 aromatic rings. The van der Waals surface area contributed by atoms with Crippen molar-refractivity contribution in [1.29, 1.82) is 0 Å². The number of hydrogen-bond donors (Lipinski definition) is 1. The van der Waals surface area contributed by atoms with E-state index < -0.39 is 0 Å². The summed E-state index contributed by atoms with van der Waals surface area (Å²) in [5.74, 6) is 1.39. The maximum atomic E-state index is 12.5. The maximum absolute atomic E-state index is 12.5. The number of imidazole rings is 1. The standard InChI is InChI=1S/C22H20N4O2/c27-22(24-14-17-7-6-12-23-13-17)15-26-20-11-5-4-10-19(20)25-21(26)16-28-18-8-2-1-3-9-18/h1-13H,14-16H2,(H,24,27). The molecule has 2 aromatic heterocycles. The van der Waals surface area contributed by atoms with Gasteiger partial charge in [0, 0.05) is 18.9 Å². The molecule has 0 aliphatic heterocycles. The first-order chi connectivity index (χ1) is 13.8. The minimum absolute atomic E-state index is 0.0898. The zero-order chi connectivity index (χ0) is 19.2. The smallest absolute Gasteiger partial charge is 0.240 e. The molecule has 6 heteroatoms. The van der Waals surface area contributed by atoms with Crippen LogP contribution in [0.2, 0.25) is 0 Å². The van der Waals surface area contributed by atoms with E-state index >= 15 is 0 Å². The van der Waals surface area contributed by atoms with Crippen LogP contribution in [0.3, 0.4) is 0 Å². The summed E-state index contributed by atoms with van der Waals surface area (Å²) < 4.78 is 7.75. The highest BCUT2D eigenvalue weighted by Gasteiger charge is 2.14. The van der Waals surface area contributed by atoms with E-state index in [1.165, 1.54) is 0 Å². The molecule has 6 nitrogen and oxygen atoms in total. The van der Waals surface area contributed by atoms with Gasteiger partial charge in [0.1, 0.15) is 24.7 Å². The molecule has 0 atom stereocenters. The minimum Gasteiger partial charge on any atom is -0.486 e. The van der Waals surface area contributed by atoms with E-state index in [1.54, 1.807) is 12.4 Å². The molecular formula is C22H20N4O2. The number of nitrogens with zero attached hydrogens (tertiary/aromatic N) is 3. The molecule has 0 saturated carbocycles. The molecule has 4 rings (SSSR count). The van der Waals surface area contributed by atoms with Gasteiger partial charge in [-0.15, -0.1) is 0 Å². The van der Waals surface area contributed by atoms with Crippen molar-refractivity contribution >= 4 is 16.9 Å². The molecule has 0 aliphatic rings. The third-order valence-corrected chi connectivity index (χ3v) is 4.36. The van der Waals surface area contributed by atoms with Gasteiger partial charge in [0.05, 0.1) is 11.0 Å². The molecule has 0 saturated heterocycles. The Balaban J connectivity index is 1.50. The lowest BCUT2D eigenvalue weighted by Gasteiger charge is -2.11. The SMILES string of the molecule is O=C(Cn1c(COc2ccccc2)nc2ccccc21)NCc1cccnc1. The van der Waals surface area contributed by atoms with Crippen LogP contribution in [-0.2, 0) is 24.5 Å².